The maximum absolute atomic E-state index is 2.43. The van der Waals surface area contributed by atoms with Crippen LogP contribution in [0, 0.1) is 0 Å². The molecule has 1 aromatic heterocycles. The SMILES string of the molecule is c1ccc(-c2cc(-c3ccccc3)cc(-c3cccc4c5ccccc5c5ccc(-c6ccc7sc8ccccc8c7c6)cc5c34)c2)cc1. The summed E-state index contributed by atoms with van der Waals surface area (Å²) in [7, 11) is 0. The smallest absolute Gasteiger partial charge is 0.0355 e. The van der Waals surface area contributed by atoms with Gasteiger partial charge in [-0.15, -0.1) is 11.3 Å². The van der Waals surface area contributed by atoms with Crippen LogP contribution in [0.25, 0.3) is 97.0 Å². The summed E-state index contributed by atoms with van der Waals surface area (Å²) in [6.45, 7) is 0. The van der Waals surface area contributed by atoms with Gasteiger partial charge in [-0.1, -0.05) is 140 Å². The second kappa shape index (κ2) is 11.3. The lowest BCUT2D eigenvalue weighted by molar-refractivity contribution is 1.58. The highest BCUT2D eigenvalue weighted by atomic mass is 32.1. The van der Waals surface area contributed by atoms with Crippen LogP contribution < -0.4 is 0 Å². The third kappa shape index (κ3) is 4.66. The first-order chi connectivity index (χ1) is 24.3. The zero-order valence-electron chi connectivity index (χ0n) is 26.7. The second-order valence-electron chi connectivity index (χ2n) is 12.9. The molecule has 0 saturated carbocycles. The molecule has 228 valence electrons. The predicted molar refractivity (Wildman–Crippen MR) is 214 cm³/mol. The molecule has 10 rings (SSSR count). The Hall–Kier alpha value is -6.02. The van der Waals surface area contributed by atoms with Crippen molar-refractivity contribution in [2.24, 2.45) is 0 Å². The van der Waals surface area contributed by atoms with Crippen molar-refractivity contribution in [3.05, 3.63) is 182 Å². The molecule has 0 aliphatic rings. The summed E-state index contributed by atoms with van der Waals surface area (Å²) in [6, 6.07) is 67.1. The molecule has 1 heterocycles. The summed E-state index contributed by atoms with van der Waals surface area (Å²) in [4.78, 5) is 0. The van der Waals surface area contributed by atoms with E-state index in [9.17, 15) is 0 Å². The molecule has 0 atom stereocenters. The van der Waals surface area contributed by atoms with E-state index in [4.69, 9.17) is 0 Å². The highest BCUT2D eigenvalue weighted by molar-refractivity contribution is 7.25. The van der Waals surface area contributed by atoms with Gasteiger partial charge in [-0.25, -0.2) is 0 Å². The topological polar surface area (TPSA) is 0 Å². The van der Waals surface area contributed by atoms with Crippen molar-refractivity contribution in [1.29, 1.82) is 0 Å². The van der Waals surface area contributed by atoms with Crippen molar-refractivity contribution in [2.45, 2.75) is 0 Å². The Morgan fingerprint density at radius 1 is 0.245 bits per heavy atom. The lowest BCUT2D eigenvalue weighted by Crippen LogP contribution is -1.90. The first kappa shape index (κ1) is 28.0. The largest absolute Gasteiger partial charge is 0.135 e. The van der Waals surface area contributed by atoms with Crippen molar-refractivity contribution in [1.82, 2.24) is 0 Å². The molecule has 0 unspecified atom stereocenters. The van der Waals surface area contributed by atoms with Gasteiger partial charge in [-0.3, -0.25) is 0 Å². The van der Waals surface area contributed by atoms with Crippen LogP contribution in [0.5, 0.6) is 0 Å². The Morgan fingerprint density at radius 2 is 0.755 bits per heavy atom. The van der Waals surface area contributed by atoms with E-state index in [2.05, 4.69) is 182 Å². The van der Waals surface area contributed by atoms with Crippen molar-refractivity contribution in [3.63, 3.8) is 0 Å². The molecule has 0 aliphatic carbocycles. The van der Waals surface area contributed by atoms with E-state index in [0.29, 0.717) is 0 Å². The van der Waals surface area contributed by atoms with Gasteiger partial charge >= 0.3 is 0 Å². The molecule has 0 N–H and O–H groups in total. The first-order valence-corrected chi connectivity index (χ1v) is 17.7. The lowest BCUT2D eigenvalue weighted by atomic mass is 9.86. The third-order valence-corrected chi connectivity index (χ3v) is 11.2. The van der Waals surface area contributed by atoms with Gasteiger partial charge in [0.15, 0.2) is 0 Å². The van der Waals surface area contributed by atoms with Gasteiger partial charge < -0.3 is 0 Å². The minimum Gasteiger partial charge on any atom is -0.135 e. The van der Waals surface area contributed by atoms with Crippen LogP contribution in [-0.2, 0) is 0 Å². The van der Waals surface area contributed by atoms with Crippen LogP contribution in [0.3, 0.4) is 0 Å². The van der Waals surface area contributed by atoms with Gasteiger partial charge in [0.1, 0.15) is 0 Å². The Bertz CT molecular complexity index is 2800. The van der Waals surface area contributed by atoms with Crippen LogP contribution in [0.15, 0.2) is 182 Å². The molecule has 0 bridgehead atoms. The number of benzene rings is 9. The minimum atomic E-state index is 1.22. The highest BCUT2D eigenvalue weighted by Crippen LogP contribution is 2.44. The maximum atomic E-state index is 2.43. The molecule has 0 spiro atoms. The zero-order valence-corrected chi connectivity index (χ0v) is 27.5. The average Bonchev–Trinajstić information content (AvgIpc) is 3.56. The number of hydrogen-bond donors (Lipinski definition) is 0. The monoisotopic (exact) mass is 638 g/mol. The first-order valence-electron chi connectivity index (χ1n) is 16.8. The lowest BCUT2D eigenvalue weighted by Gasteiger charge is -2.17. The maximum Gasteiger partial charge on any atom is 0.0355 e. The van der Waals surface area contributed by atoms with E-state index >= 15 is 0 Å². The van der Waals surface area contributed by atoms with Crippen LogP contribution >= 0.6 is 11.3 Å². The van der Waals surface area contributed by atoms with Gasteiger partial charge in [0.2, 0.25) is 0 Å². The van der Waals surface area contributed by atoms with Gasteiger partial charge in [0.05, 0.1) is 0 Å². The molecule has 0 aliphatic heterocycles. The molecular weight excluding hydrogens is 609 g/mol. The summed E-state index contributed by atoms with van der Waals surface area (Å²) in [5.74, 6) is 0. The number of fused-ring (bicyclic) bond motifs is 9. The average molecular weight is 639 g/mol. The quantitative estimate of drug-likeness (QED) is 0.168. The van der Waals surface area contributed by atoms with Crippen molar-refractivity contribution in [2.75, 3.05) is 0 Å². The number of hydrogen-bond acceptors (Lipinski definition) is 1. The molecule has 0 saturated heterocycles. The Kier molecular flexibility index (Phi) is 6.47. The summed E-state index contributed by atoms with van der Waals surface area (Å²) < 4.78 is 2.67. The van der Waals surface area contributed by atoms with Crippen LogP contribution in [0.1, 0.15) is 0 Å². The summed E-state index contributed by atoms with van der Waals surface area (Å²) in [6.07, 6.45) is 0. The van der Waals surface area contributed by atoms with E-state index in [1.54, 1.807) is 0 Å². The molecule has 0 fully saturated rings. The Morgan fingerprint density at radius 3 is 1.47 bits per heavy atom. The summed E-state index contributed by atoms with van der Waals surface area (Å²) in [5, 5.41) is 10.4. The number of thiophene rings is 1. The van der Waals surface area contributed by atoms with E-state index in [1.807, 2.05) is 11.3 Å². The Labute approximate surface area is 289 Å². The summed E-state index contributed by atoms with van der Waals surface area (Å²) in [5.41, 5.74) is 9.82. The van der Waals surface area contributed by atoms with Crippen molar-refractivity contribution < 1.29 is 0 Å². The molecule has 49 heavy (non-hydrogen) atoms. The molecule has 1 heteroatoms. The van der Waals surface area contributed by atoms with Crippen LogP contribution in [0.2, 0.25) is 0 Å². The van der Waals surface area contributed by atoms with E-state index in [-0.39, 0.29) is 0 Å². The third-order valence-electron chi connectivity index (χ3n) is 10.0. The van der Waals surface area contributed by atoms with Crippen molar-refractivity contribution >= 4 is 63.8 Å². The molecule has 0 nitrogen and oxygen atoms in total. The standard InChI is InChI=1S/C48H30S/c1-3-12-31(13-4-1)35-26-36(32-14-5-2-6-15-32)28-37(27-35)38-19-11-20-43-40-17-8-7-16-39(40)41-24-22-33(30-45(41)48(38)43)34-23-25-47-44(29-34)42-18-9-10-21-46(42)49-47/h1-30H. The molecule has 10 aromatic rings. The molecule has 9 aromatic carbocycles. The molecule has 0 amide bonds. The predicted octanol–water partition coefficient (Wildman–Crippen LogP) is 14.2. The highest BCUT2D eigenvalue weighted by Gasteiger charge is 2.16. The Balaban J connectivity index is 1.27. The van der Waals surface area contributed by atoms with Crippen LogP contribution in [-0.4, -0.2) is 0 Å². The number of rotatable bonds is 4. The molecule has 0 radical (unpaired) electrons. The fourth-order valence-electron chi connectivity index (χ4n) is 7.71. The normalized spacial score (nSPS) is 11.7. The van der Waals surface area contributed by atoms with Gasteiger partial charge in [-0.05, 0) is 119 Å². The zero-order chi connectivity index (χ0) is 32.3. The van der Waals surface area contributed by atoms with Crippen LogP contribution in [0.4, 0.5) is 0 Å². The van der Waals surface area contributed by atoms with Gasteiger partial charge in [0, 0.05) is 20.2 Å². The fraction of sp³-hybridized carbons (Fsp3) is 0. The fourth-order valence-corrected chi connectivity index (χ4v) is 8.80. The summed E-state index contributed by atoms with van der Waals surface area (Å²) >= 11 is 1.87. The van der Waals surface area contributed by atoms with E-state index in [0.717, 1.165) is 0 Å². The molecular formula is C48H30S. The van der Waals surface area contributed by atoms with Gasteiger partial charge in [0.25, 0.3) is 0 Å². The minimum absolute atomic E-state index is 1.22. The van der Waals surface area contributed by atoms with E-state index in [1.165, 1.54) is 97.0 Å². The second-order valence-corrected chi connectivity index (χ2v) is 14.0. The van der Waals surface area contributed by atoms with E-state index < -0.39 is 0 Å². The van der Waals surface area contributed by atoms with Crippen molar-refractivity contribution in [3.8, 4) is 44.5 Å². The van der Waals surface area contributed by atoms with Gasteiger partial charge in [-0.2, -0.15) is 0 Å².